The van der Waals surface area contributed by atoms with E-state index in [2.05, 4.69) is 0 Å². The first-order valence-corrected chi connectivity index (χ1v) is 14.0. The Labute approximate surface area is 231 Å². The van der Waals surface area contributed by atoms with Crippen molar-refractivity contribution in [1.82, 2.24) is 8.96 Å². The summed E-state index contributed by atoms with van der Waals surface area (Å²) in [6, 6.07) is 31.5. The summed E-state index contributed by atoms with van der Waals surface area (Å²) in [5, 5.41) is 0.489. The Bertz CT molecular complexity index is 2010. The van der Waals surface area contributed by atoms with Gasteiger partial charge in [-0.05, 0) is 37.3 Å². The van der Waals surface area contributed by atoms with Gasteiger partial charge in [0.15, 0.2) is 5.82 Å². The van der Waals surface area contributed by atoms with Crippen LogP contribution in [0.5, 0.6) is 5.75 Å². The number of ether oxygens (including phenoxy) is 1. The van der Waals surface area contributed by atoms with E-state index in [1.54, 1.807) is 42.5 Å². The van der Waals surface area contributed by atoms with Crippen molar-refractivity contribution in [3.63, 3.8) is 0 Å². The van der Waals surface area contributed by atoms with Crippen molar-refractivity contribution < 1.29 is 17.6 Å². The SMILES string of the molecule is COc1ccc2oc(=O)cc(-c3nc(-c4ccccc4)c(-c4ccccc4)n3S(=O)(=O)c3ccc(C)cc3)c2c1. The maximum atomic E-state index is 14.5. The third kappa shape index (κ3) is 4.38. The van der Waals surface area contributed by atoms with Gasteiger partial charge in [0.05, 0.1) is 23.4 Å². The molecule has 0 saturated carbocycles. The highest BCUT2D eigenvalue weighted by Gasteiger charge is 2.31. The Kier molecular flexibility index (Phi) is 6.32. The number of fused-ring (bicyclic) bond motifs is 1. The Balaban J connectivity index is 1.80. The third-order valence-corrected chi connectivity index (χ3v) is 8.39. The monoisotopic (exact) mass is 548 g/mol. The molecule has 0 amide bonds. The van der Waals surface area contributed by atoms with E-state index in [0.29, 0.717) is 33.7 Å². The topological polar surface area (TPSA) is 91.4 Å². The predicted octanol–water partition coefficient (Wildman–Crippen LogP) is 6.54. The van der Waals surface area contributed by atoms with Gasteiger partial charge in [-0.25, -0.2) is 22.2 Å². The number of nitrogens with zero attached hydrogens (tertiary/aromatic N) is 2. The van der Waals surface area contributed by atoms with Crippen LogP contribution in [-0.2, 0) is 10.0 Å². The second-order valence-electron chi connectivity index (χ2n) is 9.29. The van der Waals surface area contributed by atoms with Gasteiger partial charge < -0.3 is 9.15 Å². The molecule has 2 aromatic heterocycles. The second kappa shape index (κ2) is 9.98. The zero-order valence-electron chi connectivity index (χ0n) is 21.7. The van der Waals surface area contributed by atoms with Crippen molar-refractivity contribution >= 4 is 21.0 Å². The Morgan fingerprint density at radius 1 is 0.800 bits per heavy atom. The second-order valence-corrected chi connectivity index (χ2v) is 11.1. The molecule has 198 valence electrons. The average Bonchev–Trinajstić information content (AvgIpc) is 3.39. The van der Waals surface area contributed by atoms with Gasteiger partial charge in [0.1, 0.15) is 11.3 Å². The van der Waals surface area contributed by atoms with Crippen LogP contribution in [0.3, 0.4) is 0 Å². The van der Waals surface area contributed by atoms with Crippen molar-refractivity contribution in [2.45, 2.75) is 11.8 Å². The lowest BCUT2D eigenvalue weighted by molar-refractivity contribution is 0.415. The van der Waals surface area contributed by atoms with Crippen LogP contribution < -0.4 is 10.4 Å². The quantitative estimate of drug-likeness (QED) is 0.219. The highest BCUT2D eigenvalue weighted by Crippen LogP contribution is 2.40. The fourth-order valence-corrected chi connectivity index (χ4v) is 6.22. The van der Waals surface area contributed by atoms with Crippen LogP contribution in [0.15, 0.2) is 123 Å². The molecule has 7 nitrogen and oxygen atoms in total. The number of hydrogen-bond acceptors (Lipinski definition) is 6. The van der Waals surface area contributed by atoms with Crippen molar-refractivity contribution in [2.75, 3.05) is 7.11 Å². The van der Waals surface area contributed by atoms with E-state index in [-0.39, 0.29) is 16.3 Å². The number of benzene rings is 4. The van der Waals surface area contributed by atoms with Crippen LogP contribution in [0.4, 0.5) is 0 Å². The number of hydrogen-bond donors (Lipinski definition) is 0. The first-order chi connectivity index (χ1) is 19.4. The molecule has 0 radical (unpaired) electrons. The van der Waals surface area contributed by atoms with Crippen LogP contribution in [0.2, 0.25) is 0 Å². The fourth-order valence-electron chi connectivity index (χ4n) is 4.73. The maximum absolute atomic E-state index is 14.5. The van der Waals surface area contributed by atoms with E-state index in [1.165, 1.54) is 17.1 Å². The van der Waals surface area contributed by atoms with Crippen LogP contribution in [-0.4, -0.2) is 24.5 Å². The van der Waals surface area contributed by atoms with E-state index in [9.17, 15) is 13.2 Å². The van der Waals surface area contributed by atoms with E-state index >= 15 is 0 Å². The molecule has 0 bridgehead atoms. The molecule has 0 atom stereocenters. The fraction of sp³-hybridized carbons (Fsp3) is 0.0625. The largest absolute Gasteiger partial charge is 0.497 e. The van der Waals surface area contributed by atoms with Crippen molar-refractivity contribution in [3.8, 4) is 39.7 Å². The maximum Gasteiger partial charge on any atom is 0.336 e. The van der Waals surface area contributed by atoms with Crippen molar-refractivity contribution in [2.24, 2.45) is 0 Å². The number of aromatic nitrogens is 2. The van der Waals surface area contributed by atoms with Gasteiger partial charge in [0, 0.05) is 28.1 Å². The molecule has 0 aliphatic heterocycles. The summed E-state index contributed by atoms with van der Waals surface area (Å²) in [6.45, 7) is 1.89. The number of aryl methyl sites for hydroxylation is 1. The molecule has 0 aliphatic carbocycles. The summed E-state index contributed by atoms with van der Waals surface area (Å²) in [5.74, 6) is 0.609. The molecule has 0 spiro atoms. The minimum Gasteiger partial charge on any atom is -0.497 e. The summed E-state index contributed by atoms with van der Waals surface area (Å²) >= 11 is 0. The van der Waals surface area contributed by atoms with Crippen LogP contribution in [0.25, 0.3) is 44.9 Å². The molecule has 0 unspecified atom stereocenters. The lowest BCUT2D eigenvalue weighted by Gasteiger charge is -2.15. The summed E-state index contributed by atoms with van der Waals surface area (Å²) in [4.78, 5) is 17.8. The minimum absolute atomic E-state index is 0.0874. The van der Waals surface area contributed by atoms with Gasteiger partial charge in [-0.15, -0.1) is 0 Å². The molecule has 40 heavy (non-hydrogen) atoms. The molecule has 0 N–H and O–H groups in total. The molecule has 6 aromatic rings. The standard InChI is InChI=1S/C32H24N2O5S/c1-21-13-16-25(17-14-21)40(36,37)34-31(23-11-7-4-8-12-23)30(22-9-5-3-6-10-22)33-32(34)27-20-29(35)39-28-18-15-24(38-2)19-26(27)28/h3-20H,1-2H3. The zero-order valence-corrected chi connectivity index (χ0v) is 22.6. The molecule has 6 rings (SSSR count). The normalized spacial score (nSPS) is 11.6. The molecule has 0 fully saturated rings. The molecule has 2 heterocycles. The van der Waals surface area contributed by atoms with E-state index in [4.69, 9.17) is 14.1 Å². The molecular formula is C32H24N2O5S. The molecule has 4 aromatic carbocycles. The van der Waals surface area contributed by atoms with Gasteiger partial charge in [-0.1, -0.05) is 78.4 Å². The smallest absolute Gasteiger partial charge is 0.336 e. The number of methoxy groups -OCH3 is 1. The van der Waals surface area contributed by atoms with Gasteiger partial charge in [-0.3, -0.25) is 0 Å². The minimum atomic E-state index is -4.21. The van der Waals surface area contributed by atoms with Crippen LogP contribution in [0, 0.1) is 6.92 Å². The Morgan fingerprint density at radius 2 is 1.45 bits per heavy atom. The van der Waals surface area contributed by atoms with Crippen LogP contribution in [0.1, 0.15) is 5.56 Å². The highest BCUT2D eigenvalue weighted by molar-refractivity contribution is 7.90. The lowest BCUT2D eigenvalue weighted by atomic mass is 10.1. The van der Waals surface area contributed by atoms with Gasteiger partial charge >= 0.3 is 5.63 Å². The van der Waals surface area contributed by atoms with Crippen molar-refractivity contribution in [1.29, 1.82) is 0 Å². The summed E-state index contributed by atoms with van der Waals surface area (Å²) in [6.07, 6.45) is 0. The number of rotatable bonds is 6. The Hall–Kier alpha value is -4.95. The molecule has 0 saturated heterocycles. The van der Waals surface area contributed by atoms with Gasteiger partial charge in [0.25, 0.3) is 10.0 Å². The first-order valence-electron chi connectivity index (χ1n) is 12.5. The third-order valence-electron chi connectivity index (χ3n) is 6.68. The van der Waals surface area contributed by atoms with E-state index in [1.807, 2.05) is 67.6 Å². The van der Waals surface area contributed by atoms with Gasteiger partial charge in [-0.2, -0.15) is 0 Å². The summed E-state index contributed by atoms with van der Waals surface area (Å²) < 4.78 is 41.2. The first kappa shape index (κ1) is 25.3. The molecule has 0 aliphatic rings. The lowest BCUT2D eigenvalue weighted by Crippen LogP contribution is -2.16. The van der Waals surface area contributed by atoms with Gasteiger partial charge in [0.2, 0.25) is 0 Å². The Morgan fingerprint density at radius 3 is 2.10 bits per heavy atom. The molecule has 8 heteroatoms. The van der Waals surface area contributed by atoms with Crippen LogP contribution >= 0.6 is 0 Å². The average molecular weight is 549 g/mol. The summed E-state index contributed by atoms with van der Waals surface area (Å²) in [7, 11) is -2.68. The zero-order chi connectivity index (χ0) is 27.9. The highest BCUT2D eigenvalue weighted by atomic mass is 32.2. The van der Waals surface area contributed by atoms with Crippen molar-refractivity contribution in [3.05, 3.63) is 125 Å². The summed E-state index contributed by atoms with van der Waals surface area (Å²) in [5.41, 5.74) is 3.11. The molecular weight excluding hydrogens is 524 g/mol. The van der Waals surface area contributed by atoms with E-state index in [0.717, 1.165) is 11.1 Å². The number of imidazole rings is 1. The predicted molar refractivity (Wildman–Crippen MR) is 155 cm³/mol. The van der Waals surface area contributed by atoms with E-state index < -0.39 is 15.6 Å².